The van der Waals surface area contributed by atoms with Crippen LogP contribution in [-0.4, -0.2) is 42.5 Å². The molecular formula is C13H19N3O3S. The van der Waals surface area contributed by atoms with Crippen LogP contribution in [0.25, 0.3) is 0 Å². The molecule has 6 nitrogen and oxygen atoms in total. The number of carbonyl (C=O) groups is 1. The van der Waals surface area contributed by atoms with E-state index in [2.05, 4.69) is 10.3 Å². The molecule has 0 unspecified atom stereocenters. The quantitative estimate of drug-likeness (QED) is 0.886. The van der Waals surface area contributed by atoms with Crippen molar-refractivity contribution in [2.75, 3.05) is 12.8 Å². The summed E-state index contributed by atoms with van der Waals surface area (Å²) < 4.78 is 24.6. The Morgan fingerprint density at radius 2 is 2.10 bits per heavy atom. The van der Waals surface area contributed by atoms with Gasteiger partial charge in [-0.2, -0.15) is 4.31 Å². The van der Waals surface area contributed by atoms with E-state index in [1.165, 1.54) is 4.31 Å². The maximum atomic E-state index is 12.3. The molecule has 110 valence electrons. The zero-order chi connectivity index (χ0) is 14.8. The summed E-state index contributed by atoms with van der Waals surface area (Å²) in [5.41, 5.74) is 0.942. The predicted octanol–water partition coefficient (Wildman–Crippen LogP) is 0.683. The van der Waals surface area contributed by atoms with Gasteiger partial charge in [0.1, 0.15) is 6.04 Å². The van der Waals surface area contributed by atoms with E-state index in [1.807, 2.05) is 19.1 Å². The molecule has 1 fully saturated rings. The Balaban J connectivity index is 2.05. The van der Waals surface area contributed by atoms with E-state index in [9.17, 15) is 13.2 Å². The van der Waals surface area contributed by atoms with Crippen LogP contribution in [0.5, 0.6) is 0 Å². The smallest absolute Gasteiger partial charge is 0.238 e. The highest BCUT2D eigenvalue weighted by atomic mass is 32.2. The van der Waals surface area contributed by atoms with E-state index in [4.69, 9.17) is 0 Å². The molecule has 1 saturated heterocycles. The van der Waals surface area contributed by atoms with Gasteiger partial charge in [-0.15, -0.1) is 0 Å². The molecule has 0 spiro atoms. The van der Waals surface area contributed by atoms with Crippen molar-refractivity contribution >= 4 is 15.9 Å². The van der Waals surface area contributed by atoms with Gasteiger partial charge >= 0.3 is 0 Å². The van der Waals surface area contributed by atoms with Crippen molar-refractivity contribution in [1.29, 1.82) is 0 Å². The average Bonchev–Trinajstić information content (AvgIpc) is 2.89. The minimum absolute atomic E-state index is 0.174. The third kappa shape index (κ3) is 3.34. The van der Waals surface area contributed by atoms with E-state index in [0.29, 0.717) is 13.0 Å². The molecule has 1 aliphatic heterocycles. The number of nitrogens with one attached hydrogen (secondary N) is 1. The van der Waals surface area contributed by atoms with Crippen molar-refractivity contribution < 1.29 is 13.2 Å². The second-order valence-electron chi connectivity index (χ2n) is 5.04. The lowest BCUT2D eigenvalue weighted by atomic mass is 10.1. The van der Waals surface area contributed by atoms with Gasteiger partial charge in [-0.05, 0) is 37.5 Å². The van der Waals surface area contributed by atoms with Gasteiger partial charge in [0, 0.05) is 18.9 Å². The van der Waals surface area contributed by atoms with Gasteiger partial charge in [-0.25, -0.2) is 8.42 Å². The first-order valence-electron chi connectivity index (χ1n) is 6.56. The Labute approximate surface area is 119 Å². The first-order chi connectivity index (χ1) is 9.39. The molecule has 1 aromatic heterocycles. The van der Waals surface area contributed by atoms with Crippen LogP contribution in [-0.2, 0) is 14.8 Å². The van der Waals surface area contributed by atoms with Crippen LogP contribution in [0.1, 0.15) is 31.4 Å². The summed E-state index contributed by atoms with van der Waals surface area (Å²) in [6, 6.07) is 2.89. The molecule has 1 N–H and O–H groups in total. The zero-order valence-corrected chi connectivity index (χ0v) is 12.4. The van der Waals surface area contributed by atoms with E-state index in [0.717, 1.165) is 18.2 Å². The summed E-state index contributed by atoms with van der Waals surface area (Å²) in [5, 5.41) is 2.87. The van der Waals surface area contributed by atoms with Crippen LogP contribution in [0.3, 0.4) is 0 Å². The zero-order valence-electron chi connectivity index (χ0n) is 11.6. The van der Waals surface area contributed by atoms with E-state index < -0.39 is 16.1 Å². The van der Waals surface area contributed by atoms with Crippen LogP contribution < -0.4 is 5.32 Å². The molecule has 1 aliphatic rings. The Kier molecular flexibility index (Phi) is 4.39. The van der Waals surface area contributed by atoms with Gasteiger partial charge in [0.05, 0.1) is 12.3 Å². The van der Waals surface area contributed by atoms with E-state index in [1.54, 1.807) is 12.4 Å². The van der Waals surface area contributed by atoms with E-state index >= 15 is 0 Å². The summed E-state index contributed by atoms with van der Waals surface area (Å²) >= 11 is 0. The number of rotatable bonds is 4. The minimum Gasteiger partial charge on any atom is -0.348 e. The molecule has 7 heteroatoms. The Morgan fingerprint density at radius 3 is 2.70 bits per heavy atom. The summed E-state index contributed by atoms with van der Waals surface area (Å²) in [6.45, 7) is 2.29. The number of hydrogen-bond acceptors (Lipinski definition) is 4. The summed E-state index contributed by atoms with van der Waals surface area (Å²) in [5.74, 6) is -0.239. The van der Waals surface area contributed by atoms with Crippen LogP contribution in [0.4, 0.5) is 0 Å². The lowest BCUT2D eigenvalue weighted by Crippen LogP contribution is -2.46. The standard InChI is InChI=1S/C13H19N3O3S/c1-10(11-5-7-14-8-6-11)15-13(17)12-4-3-9-16(12)20(2,18)19/h5-8,10,12H,3-4,9H2,1-2H3,(H,15,17)/t10-,12-/m1/s1. The summed E-state index contributed by atoms with van der Waals surface area (Å²) in [6.07, 6.45) is 5.76. The second kappa shape index (κ2) is 5.88. The number of sulfonamides is 1. The van der Waals surface area contributed by atoms with Crippen LogP contribution in [0.15, 0.2) is 24.5 Å². The lowest BCUT2D eigenvalue weighted by molar-refractivity contribution is -0.124. The fourth-order valence-corrected chi connectivity index (χ4v) is 3.57. The van der Waals surface area contributed by atoms with Crippen molar-refractivity contribution in [3.05, 3.63) is 30.1 Å². The summed E-state index contributed by atoms with van der Waals surface area (Å²) in [4.78, 5) is 16.2. The molecule has 1 aromatic rings. The van der Waals surface area contributed by atoms with Gasteiger partial charge in [0.2, 0.25) is 15.9 Å². The minimum atomic E-state index is -3.33. The number of hydrogen-bond donors (Lipinski definition) is 1. The Morgan fingerprint density at radius 1 is 1.45 bits per heavy atom. The highest BCUT2D eigenvalue weighted by Crippen LogP contribution is 2.21. The van der Waals surface area contributed by atoms with Gasteiger partial charge in [0.15, 0.2) is 0 Å². The summed E-state index contributed by atoms with van der Waals surface area (Å²) in [7, 11) is -3.33. The molecule has 2 rings (SSSR count). The molecule has 2 atom stereocenters. The molecule has 0 saturated carbocycles. The first-order valence-corrected chi connectivity index (χ1v) is 8.41. The molecule has 2 heterocycles. The normalized spacial score (nSPS) is 21.6. The first kappa shape index (κ1) is 14.9. The number of pyridine rings is 1. The Bertz CT molecular complexity index is 574. The van der Waals surface area contributed by atoms with Gasteiger partial charge in [-0.3, -0.25) is 9.78 Å². The molecule has 20 heavy (non-hydrogen) atoms. The number of aromatic nitrogens is 1. The van der Waals surface area contributed by atoms with Crippen molar-refractivity contribution in [2.24, 2.45) is 0 Å². The van der Waals surface area contributed by atoms with Crippen molar-refractivity contribution in [2.45, 2.75) is 31.8 Å². The van der Waals surface area contributed by atoms with Crippen LogP contribution >= 0.6 is 0 Å². The number of carbonyl (C=O) groups excluding carboxylic acids is 1. The van der Waals surface area contributed by atoms with Crippen molar-refractivity contribution in [3.8, 4) is 0 Å². The fraction of sp³-hybridized carbons (Fsp3) is 0.538. The second-order valence-corrected chi connectivity index (χ2v) is 6.98. The Hall–Kier alpha value is -1.47. The van der Waals surface area contributed by atoms with Crippen molar-refractivity contribution in [1.82, 2.24) is 14.6 Å². The van der Waals surface area contributed by atoms with Gasteiger partial charge in [0.25, 0.3) is 0 Å². The molecular weight excluding hydrogens is 278 g/mol. The number of nitrogens with zero attached hydrogens (tertiary/aromatic N) is 2. The maximum absolute atomic E-state index is 12.3. The van der Waals surface area contributed by atoms with E-state index in [-0.39, 0.29) is 11.9 Å². The SMILES string of the molecule is C[C@@H](NC(=O)[C@H]1CCCN1S(C)(=O)=O)c1ccncc1. The highest BCUT2D eigenvalue weighted by molar-refractivity contribution is 7.88. The lowest BCUT2D eigenvalue weighted by Gasteiger charge is -2.23. The molecule has 0 aliphatic carbocycles. The molecule has 0 radical (unpaired) electrons. The topological polar surface area (TPSA) is 79.4 Å². The third-order valence-corrected chi connectivity index (χ3v) is 4.79. The predicted molar refractivity (Wildman–Crippen MR) is 75.4 cm³/mol. The van der Waals surface area contributed by atoms with Gasteiger partial charge < -0.3 is 5.32 Å². The van der Waals surface area contributed by atoms with Gasteiger partial charge in [-0.1, -0.05) is 0 Å². The molecule has 0 bridgehead atoms. The van der Waals surface area contributed by atoms with Crippen molar-refractivity contribution in [3.63, 3.8) is 0 Å². The fourth-order valence-electron chi connectivity index (χ4n) is 2.44. The molecule has 0 aromatic carbocycles. The monoisotopic (exact) mass is 297 g/mol. The number of amides is 1. The average molecular weight is 297 g/mol. The largest absolute Gasteiger partial charge is 0.348 e. The molecule has 1 amide bonds. The van der Waals surface area contributed by atoms with Crippen LogP contribution in [0, 0.1) is 0 Å². The van der Waals surface area contributed by atoms with Crippen LogP contribution in [0.2, 0.25) is 0 Å². The highest BCUT2D eigenvalue weighted by Gasteiger charge is 2.36. The third-order valence-electron chi connectivity index (χ3n) is 3.50. The maximum Gasteiger partial charge on any atom is 0.238 e.